The number of ether oxygens (including phenoxy) is 2. The Morgan fingerprint density at radius 3 is 2.96 bits per heavy atom. The summed E-state index contributed by atoms with van der Waals surface area (Å²) in [5.74, 6) is 1.19. The van der Waals surface area contributed by atoms with Crippen molar-refractivity contribution in [1.29, 1.82) is 0 Å². The van der Waals surface area contributed by atoms with Crippen molar-refractivity contribution in [2.75, 3.05) is 33.0 Å². The Balaban J connectivity index is 1.52. The number of fused-ring (bicyclic) bond motifs is 1. The Kier molecular flexibility index (Phi) is 4.50. The summed E-state index contributed by atoms with van der Waals surface area (Å²) in [6.45, 7) is 4.22. The van der Waals surface area contributed by atoms with Gasteiger partial charge in [0.05, 0.1) is 0 Å². The van der Waals surface area contributed by atoms with Gasteiger partial charge in [-0.3, -0.25) is 9.59 Å². The number of amides is 2. The van der Waals surface area contributed by atoms with Crippen molar-refractivity contribution in [3.05, 3.63) is 29.3 Å². The minimum atomic E-state index is -0.195. The smallest absolute Gasteiger partial charge is 0.273 e. The number of rotatable bonds is 3. The van der Waals surface area contributed by atoms with Gasteiger partial charge in [0.15, 0.2) is 11.5 Å². The maximum atomic E-state index is 12.8. The maximum Gasteiger partial charge on any atom is 0.273 e. The van der Waals surface area contributed by atoms with Crippen molar-refractivity contribution in [3.63, 3.8) is 0 Å². The van der Waals surface area contributed by atoms with Crippen LogP contribution in [0.3, 0.4) is 0 Å². The van der Waals surface area contributed by atoms with Crippen LogP contribution in [0.2, 0.25) is 0 Å². The summed E-state index contributed by atoms with van der Waals surface area (Å²) in [5.41, 5.74) is 1.25. The molecule has 4 rings (SSSR count). The van der Waals surface area contributed by atoms with Crippen LogP contribution in [0.4, 0.5) is 0 Å². The van der Waals surface area contributed by atoms with Crippen LogP contribution in [-0.2, 0) is 4.79 Å². The first-order valence-corrected chi connectivity index (χ1v) is 9.46. The molecule has 0 N–H and O–H groups in total. The molecular formula is C18H19N3O4S. The minimum absolute atomic E-state index is 0.00965. The second-order valence-corrected chi connectivity index (χ2v) is 7.02. The molecule has 2 aromatic rings. The van der Waals surface area contributed by atoms with Gasteiger partial charge in [-0.25, -0.2) is 4.98 Å². The summed E-state index contributed by atoms with van der Waals surface area (Å²) >= 11 is 1.40. The van der Waals surface area contributed by atoms with Gasteiger partial charge in [0.1, 0.15) is 17.2 Å². The third-order valence-corrected chi connectivity index (χ3v) is 5.44. The van der Waals surface area contributed by atoms with Crippen LogP contribution in [0.15, 0.2) is 23.6 Å². The van der Waals surface area contributed by atoms with Crippen molar-refractivity contribution in [3.8, 4) is 22.1 Å². The molecule has 0 unspecified atom stereocenters. The third-order valence-electron chi connectivity index (χ3n) is 4.55. The highest BCUT2D eigenvalue weighted by molar-refractivity contribution is 7.13. The molecule has 8 heteroatoms. The zero-order valence-electron chi connectivity index (χ0n) is 14.4. The molecule has 0 radical (unpaired) electrons. The van der Waals surface area contributed by atoms with Crippen LogP contribution < -0.4 is 9.47 Å². The number of hydrogen-bond acceptors (Lipinski definition) is 6. The molecule has 0 saturated carbocycles. The summed E-state index contributed by atoms with van der Waals surface area (Å²) in [5, 5.41) is 2.48. The molecule has 0 spiro atoms. The predicted octanol–water partition coefficient (Wildman–Crippen LogP) is 2.23. The topological polar surface area (TPSA) is 72.0 Å². The molecule has 0 atom stereocenters. The van der Waals surface area contributed by atoms with E-state index in [-0.39, 0.29) is 25.2 Å². The van der Waals surface area contributed by atoms with Gasteiger partial charge in [0, 0.05) is 30.6 Å². The zero-order chi connectivity index (χ0) is 18.1. The minimum Gasteiger partial charge on any atom is -0.454 e. The molecule has 2 aliphatic heterocycles. The van der Waals surface area contributed by atoms with Crippen molar-refractivity contribution in [2.45, 2.75) is 13.3 Å². The second-order valence-electron chi connectivity index (χ2n) is 6.16. The summed E-state index contributed by atoms with van der Waals surface area (Å²) in [7, 11) is 0. The summed E-state index contributed by atoms with van der Waals surface area (Å²) in [6, 6.07) is 5.60. The van der Waals surface area contributed by atoms with E-state index in [2.05, 4.69) is 4.98 Å². The highest BCUT2D eigenvalue weighted by atomic mass is 32.1. The van der Waals surface area contributed by atoms with E-state index in [1.165, 1.54) is 11.3 Å². The van der Waals surface area contributed by atoms with Crippen LogP contribution in [-0.4, -0.2) is 59.6 Å². The van der Waals surface area contributed by atoms with Gasteiger partial charge in [-0.2, -0.15) is 0 Å². The van der Waals surface area contributed by atoms with Gasteiger partial charge in [-0.05, 0) is 31.5 Å². The van der Waals surface area contributed by atoms with Gasteiger partial charge >= 0.3 is 0 Å². The summed E-state index contributed by atoms with van der Waals surface area (Å²) in [4.78, 5) is 32.9. The summed E-state index contributed by atoms with van der Waals surface area (Å²) in [6.07, 6.45) is 0.782. The normalized spacial score (nSPS) is 16.7. The Hall–Kier alpha value is -2.61. The monoisotopic (exact) mass is 373 g/mol. The molecule has 2 aliphatic rings. The first-order valence-electron chi connectivity index (χ1n) is 8.58. The number of aromatic nitrogens is 1. The van der Waals surface area contributed by atoms with E-state index in [1.807, 2.05) is 25.1 Å². The molecular weight excluding hydrogens is 354 g/mol. The van der Waals surface area contributed by atoms with E-state index in [9.17, 15) is 9.59 Å². The number of carbonyl (C=O) groups excluding carboxylic acids is 2. The van der Waals surface area contributed by atoms with E-state index in [0.29, 0.717) is 36.8 Å². The molecule has 136 valence electrons. The fourth-order valence-corrected chi connectivity index (χ4v) is 3.91. The van der Waals surface area contributed by atoms with E-state index >= 15 is 0 Å². The number of hydrogen-bond donors (Lipinski definition) is 0. The fraction of sp³-hybridized carbons (Fsp3) is 0.389. The molecule has 1 saturated heterocycles. The molecule has 1 aromatic heterocycles. The first kappa shape index (κ1) is 16.8. The van der Waals surface area contributed by atoms with Gasteiger partial charge < -0.3 is 19.3 Å². The maximum absolute atomic E-state index is 12.8. The Labute approximate surface area is 155 Å². The van der Waals surface area contributed by atoms with Crippen LogP contribution in [0.25, 0.3) is 10.6 Å². The first-order chi connectivity index (χ1) is 12.7. The van der Waals surface area contributed by atoms with E-state index in [1.54, 1.807) is 15.2 Å². The van der Waals surface area contributed by atoms with Crippen molar-refractivity contribution in [2.24, 2.45) is 0 Å². The Morgan fingerprint density at radius 1 is 1.27 bits per heavy atom. The number of thiazole rings is 1. The Bertz CT molecular complexity index is 851. The predicted molar refractivity (Wildman–Crippen MR) is 96.4 cm³/mol. The average Bonchev–Trinajstić information content (AvgIpc) is 3.28. The van der Waals surface area contributed by atoms with E-state index < -0.39 is 0 Å². The third kappa shape index (κ3) is 3.12. The van der Waals surface area contributed by atoms with Gasteiger partial charge in [0.25, 0.3) is 5.91 Å². The number of carbonyl (C=O) groups is 2. The lowest BCUT2D eigenvalue weighted by Crippen LogP contribution is -2.39. The quantitative estimate of drug-likeness (QED) is 0.825. The zero-order valence-corrected chi connectivity index (χ0v) is 15.3. The number of benzene rings is 1. The van der Waals surface area contributed by atoms with Crippen molar-refractivity contribution < 1.29 is 19.1 Å². The SMILES string of the molecule is CCN1CCCN(C(=O)c2csc(-c3ccc4c(c3)OCO4)n2)CC1=O. The van der Waals surface area contributed by atoms with Crippen LogP contribution >= 0.6 is 11.3 Å². The van der Waals surface area contributed by atoms with Crippen LogP contribution in [0, 0.1) is 0 Å². The van der Waals surface area contributed by atoms with Crippen LogP contribution in [0.5, 0.6) is 11.5 Å². The number of likely N-dealkylation sites (N-methyl/N-ethyl adjacent to an activating group) is 1. The molecule has 0 bridgehead atoms. The average molecular weight is 373 g/mol. The molecule has 26 heavy (non-hydrogen) atoms. The number of nitrogens with zero attached hydrogens (tertiary/aromatic N) is 3. The molecule has 7 nitrogen and oxygen atoms in total. The highest BCUT2D eigenvalue weighted by Gasteiger charge is 2.26. The standard InChI is InChI=1S/C18H19N3O4S/c1-2-20-6-3-7-21(9-16(20)22)18(23)13-10-26-17(19-13)12-4-5-14-15(8-12)25-11-24-14/h4-5,8,10H,2-3,6-7,9,11H2,1H3. The largest absolute Gasteiger partial charge is 0.454 e. The van der Waals surface area contributed by atoms with Gasteiger partial charge in [-0.1, -0.05) is 0 Å². The van der Waals surface area contributed by atoms with Crippen molar-refractivity contribution in [1.82, 2.24) is 14.8 Å². The van der Waals surface area contributed by atoms with Gasteiger partial charge in [0.2, 0.25) is 12.7 Å². The molecule has 1 fully saturated rings. The fourth-order valence-electron chi connectivity index (χ4n) is 3.12. The van der Waals surface area contributed by atoms with Crippen LogP contribution in [0.1, 0.15) is 23.8 Å². The Morgan fingerprint density at radius 2 is 2.12 bits per heavy atom. The van der Waals surface area contributed by atoms with Crippen molar-refractivity contribution >= 4 is 23.2 Å². The highest BCUT2D eigenvalue weighted by Crippen LogP contribution is 2.36. The lowest BCUT2D eigenvalue weighted by molar-refractivity contribution is -0.130. The summed E-state index contributed by atoms with van der Waals surface area (Å²) < 4.78 is 10.7. The lowest BCUT2D eigenvalue weighted by atomic mass is 10.2. The second kappa shape index (κ2) is 6.95. The molecule has 2 amide bonds. The molecule has 1 aromatic carbocycles. The van der Waals surface area contributed by atoms with E-state index in [4.69, 9.17) is 9.47 Å². The lowest BCUT2D eigenvalue weighted by Gasteiger charge is -2.19. The van der Waals surface area contributed by atoms with Gasteiger partial charge in [-0.15, -0.1) is 11.3 Å². The van der Waals surface area contributed by atoms with E-state index in [0.717, 1.165) is 17.0 Å². The molecule has 0 aliphatic carbocycles. The molecule has 3 heterocycles.